The zero-order valence-corrected chi connectivity index (χ0v) is 20.9. The highest BCUT2D eigenvalue weighted by Gasteiger charge is 2.21. The Balaban J connectivity index is 1.58. The maximum absolute atomic E-state index is 12.8. The summed E-state index contributed by atoms with van der Waals surface area (Å²) in [5.74, 6) is 1.19. The first-order valence-corrected chi connectivity index (χ1v) is 11.9. The van der Waals surface area contributed by atoms with E-state index in [-0.39, 0.29) is 19.7 Å². The largest absolute Gasteiger partial charge is 0.497 e. The number of nitrogens with zero attached hydrogens (tertiary/aromatic N) is 2. The standard InChI is InChI=1S/C28H32N2O6/c1-4-21-6-9-23(29-18-21)16-17-35-25-10-7-22(8-11-25)19-30(20-27(31)34-5-2)28(32)36-26-14-12-24(33-3)13-15-26/h6-15,18H,4-5,16-17,19-20H2,1-3H3. The average Bonchev–Trinajstić information content (AvgIpc) is 2.90. The van der Waals surface area contributed by atoms with Gasteiger partial charge in [0.05, 0.1) is 20.3 Å². The van der Waals surface area contributed by atoms with Gasteiger partial charge < -0.3 is 18.9 Å². The normalized spacial score (nSPS) is 10.4. The Bertz CT molecular complexity index is 1100. The van der Waals surface area contributed by atoms with Crippen molar-refractivity contribution in [1.82, 2.24) is 9.88 Å². The number of benzene rings is 2. The molecule has 3 aromatic rings. The van der Waals surface area contributed by atoms with E-state index in [0.29, 0.717) is 30.3 Å². The molecule has 190 valence electrons. The minimum atomic E-state index is -0.657. The molecule has 0 atom stereocenters. The van der Waals surface area contributed by atoms with Crippen LogP contribution in [-0.2, 0) is 28.9 Å². The van der Waals surface area contributed by atoms with Crippen molar-refractivity contribution in [2.24, 2.45) is 0 Å². The van der Waals surface area contributed by atoms with E-state index in [4.69, 9.17) is 18.9 Å². The zero-order valence-electron chi connectivity index (χ0n) is 20.9. The molecular weight excluding hydrogens is 460 g/mol. The SMILES string of the molecule is CCOC(=O)CN(Cc1ccc(OCCc2ccc(CC)cn2)cc1)C(=O)Oc1ccc(OC)cc1. The fourth-order valence-corrected chi connectivity index (χ4v) is 3.35. The number of carbonyl (C=O) groups excluding carboxylic acids is 2. The Morgan fingerprint density at radius 1 is 0.861 bits per heavy atom. The number of rotatable bonds is 12. The summed E-state index contributed by atoms with van der Waals surface area (Å²) in [5, 5.41) is 0. The number of amides is 1. The number of hydrogen-bond acceptors (Lipinski definition) is 7. The fraction of sp³-hybridized carbons (Fsp3) is 0.321. The molecule has 1 heterocycles. The molecular formula is C28H32N2O6. The van der Waals surface area contributed by atoms with Crippen LogP contribution in [0.2, 0.25) is 0 Å². The van der Waals surface area contributed by atoms with Crippen molar-refractivity contribution >= 4 is 12.1 Å². The van der Waals surface area contributed by atoms with Gasteiger partial charge in [-0.2, -0.15) is 0 Å². The summed E-state index contributed by atoms with van der Waals surface area (Å²) in [4.78, 5) is 30.7. The number of hydrogen-bond donors (Lipinski definition) is 0. The van der Waals surface area contributed by atoms with Crippen LogP contribution >= 0.6 is 0 Å². The molecule has 3 rings (SSSR count). The molecule has 8 nitrogen and oxygen atoms in total. The van der Waals surface area contributed by atoms with E-state index in [2.05, 4.69) is 18.0 Å². The second kappa shape index (κ2) is 13.7. The lowest BCUT2D eigenvalue weighted by atomic mass is 10.2. The van der Waals surface area contributed by atoms with Gasteiger partial charge >= 0.3 is 12.1 Å². The van der Waals surface area contributed by atoms with Gasteiger partial charge in [0.15, 0.2) is 0 Å². The first-order chi connectivity index (χ1) is 17.5. The second-order valence-corrected chi connectivity index (χ2v) is 7.96. The van der Waals surface area contributed by atoms with Gasteiger partial charge in [0, 0.05) is 24.9 Å². The van der Waals surface area contributed by atoms with Crippen molar-refractivity contribution in [2.75, 3.05) is 26.9 Å². The summed E-state index contributed by atoms with van der Waals surface area (Å²) in [5.41, 5.74) is 3.00. The van der Waals surface area contributed by atoms with Gasteiger partial charge in [0.25, 0.3) is 0 Å². The van der Waals surface area contributed by atoms with E-state index < -0.39 is 12.1 Å². The molecule has 0 aliphatic rings. The van der Waals surface area contributed by atoms with Crippen LogP contribution in [0.5, 0.6) is 17.2 Å². The minimum absolute atomic E-state index is 0.168. The molecule has 1 amide bonds. The van der Waals surface area contributed by atoms with Gasteiger partial charge in [-0.1, -0.05) is 25.1 Å². The van der Waals surface area contributed by atoms with Crippen molar-refractivity contribution in [3.05, 3.63) is 83.7 Å². The molecule has 0 aliphatic carbocycles. The van der Waals surface area contributed by atoms with Gasteiger partial charge in [-0.25, -0.2) is 4.79 Å². The molecule has 0 saturated heterocycles. The number of methoxy groups -OCH3 is 1. The Labute approximate surface area is 211 Å². The number of aromatic nitrogens is 1. The predicted molar refractivity (Wildman–Crippen MR) is 135 cm³/mol. The first-order valence-electron chi connectivity index (χ1n) is 11.9. The van der Waals surface area contributed by atoms with Crippen molar-refractivity contribution < 1.29 is 28.5 Å². The van der Waals surface area contributed by atoms with Crippen LogP contribution in [-0.4, -0.2) is 48.8 Å². The third-order valence-electron chi connectivity index (χ3n) is 5.37. The fourth-order valence-electron chi connectivity index (χ4n) is 3.35. The van der Waals surface area contributed by atoms with Gasteiger partial charge in [-0.15, -0.1) is 0 Å². The van der Waals surface area contributed by atoms with Crippen LogP contribution in [0.3, 0.4) is 0 Å². The number of carbonyl (C=O) groups is 2. The molecule has 1 aromatic heterocycles. The first kappa shape index (κ1) is 26.5. The monoisotopic (exact) mass is 492 g/mol. The van der Waals surface area contributed by atoms with Crippen molar-refractivity contribution in [2.45, 2.75) is 33.2 Å². The lowest BCUT2D eigenvalue weighted by Gasteiger charge is -2.21. The number of pyridine rings is 1. The molecule has 0 radical (unpaired) electrons. The van der Waals surface area contributed by atoms with Crippen LogP contribution in [0.25, 0.3) is 0 Å². The van der Waals surface area contributed by atoms with Gasteiger partial charge in [0.2, 0.25) is 0 Å². The molecule has 36 heavy (non-hydrogen) atoms. The maximum Gasteiger partial charge on any atom is 0.416 e. The summed E-state index contributed by atoms with van der Waals surface area (Å²) in [6.07, 6.45) is 2.91. The van der Waals surface area contributed by atoms with E-state index in [1.165, 1.54) is 10.5 Å². The lowest BCUT2D eigenvalue weighted by Crippen LogP contribution is -2.38. The highest BCUT2D eigenvalue weighted by Crippen LogP contribution is 2.19. The molecule has 0 N–H and O–H groups in total. The van der Waals surface area contributed by atoms with E-state index in [0.717, 1.165) is 17.7 Å². The summed E-state index contributed by atoms with van der Waals surface area (Å²) in [6.45, 7) is 4.48. The summed E-state index contributed by atoms with van der Waals surface area (Å²) in [7, 11) is 1.56. The number of esters is 1. The molecule has 0 aliphatic heterocycles. The van der Waals surface area contributed by atoms with Crippen LogP contribution < -0.4 is 14.2 Å². The van der Waals surface area contributed by atoms with E-state index in [1.54, 1.807) is 38.3 Å². The van der Waals surface area contributed by atoms with E-state index in [1.807, 2.05) is 36.5 Å². The highest BCUT2D eigenvalue weighted by molar-refractivity contribution is 5.79. The predicted octanol–water partition coefficient (Wildman–Crippen LogP) is 4.84. The van der Waals surface area contributed by atoms with Crippen LogP contribution in [0.15, 0.2) is 66.9 Å². The van der Waals surface area contributed by atoms with Crippen molar-refractivity contribution in [3.63, 3.8) is 0 Å². The molecule has 2 aromatic carbocycles. The highest BCUT2D eigenvalue weighted by atomic mass is 16.6. The van der Waals surface area contributed by atoms with Gasteiger partial charge in [-0.05, 0) is 66.9 Å². The second-order valence-electron chi connectivity index (χ2n) is 7.96. The van der Waals surface area contributed by atoms with Crippen LogP contribution in [0.4, 0.5) is 4.79 Å². The molecule has 0 saturated carbocycles. The van der Waals surface area contributed by atoms with Crippen LogP contribution in [0.1, 0.15) is 30.7 Å². The Hall–Kier alpha value is -4.07. The molecule has 0 unspecified atom stereocenters. The molecule has 8 heteroatoms. The quantitative estimate of drug-likeness (QED) is 0.334. The minimum Gasteiger partial charge on any atom is -0.497 e. The molecule has 0 spiro atoms. The van der Waals surface area contributed by atoms with Crippen molar-refractivity contribution in [3.8, 4) is 17.2 Å². The summed E-state index contributed by atoms with van der Waals surface area (Å²) >= 11 is 0. The zero-order chi connectivity index (χ0) is 25.8. The smallest absolute Gasteiger partial charge is 0.416 e. The topological polar surface area (TPSA) is 87.2 Å². The third-order valence-corrected chi connectivity index (χ3v) is 5.37. The van der Waals surface area contributed by atoms with E-state index in [9.17, 15) is 9.59 Å². The molecule has 0 bridgehead atoms. The Kier molecular flexibility index (Phi) is 10.1. The van der Waals surface area contributed by atoms with Gasteiger partial charge in [-0.3, -0.25) is 14.7 Å². The number of ether oxygens (including phenoxy) is 4. The maximum atomic E-state index is 12.8. The number of aryl methyl sites for hydroxylation is 1. The Morgan fingerprint density at radius 3 is 2.14 bits per heavy atom. The molecule has 0 fully saturated rings. The van der Waals surface area contributed by atoms with Crippen molar-refractivity contribution in [1.29, 1.82) is 0 Å². The van der Waals surface area contributed by atoms with E-state index >= 15 is 0 Å². The summed E-state index contributed by atoms with van der Waals surface area (Å²) in [6, 6.07) is 18.1. The van der Waals surface area contributed by atoms with Gasteiger partial charge in [0.1, 0.15) is 23.8 Å². The third kappa shape index (κ3) is 8.30. The lowest BCUT2D eigenvalue weighted by molar-refractivity contribution is -0.144. The Morgan fingerprint density at radius 2 is 1.53 bits per heavy atom. The van der Waals surface area contributed by atoms with Crippen LogP contribution in [0, 0.1) is 0 Å². The average molecular weight is 493 g/mol. The summed E-state index contributed by atoms with van der Waals surface area (Å²) < 4.78 is 21.4.